The van der Waals surface area contributed by atoms with E-state index >= 15 is 0 Å². The molecule has 0 aromatic carbocycles. The molecule has 0 saturated carbocycles. The van der Waals surface area contributed by atoms with Crippen LogP contribution in [0.15, 0.2) is 0 Å². The molecule has 0 fully saturated rings. The van der Waals surface area contributed by atoms with Crippen LogP contribution in [0.1, 0.15) is 0 Å². The minimum atomic E-state index is 0.514. The Balaban J connectivity index is 1.97. The molecule has 0 aromatic rings. The molecule has 4 heavy (non-hydrogen) atoms. The van der Waals surface area contributed by atoms with Gasteiger partial charge < -0.3 is 0 Å². The van der Waals surface area contributed by atoms with Crippen molar-refractivity contribution >= 4 is 0 Å². The average Bonchev–Trinajstić information content (AvgIpc) is 1.37. The van der Waals surface area contributed by atoms with Crippen LogP contribution in [0.3, 0.4) is 0 Å². The summed E-state index contributed by atoms with van der Waals surface area (Å²) in [5.41, 5.74) is 1.03. The molecule has 4 heteroatoms. The van der Waals surface area contributed by atoms with Crippen molar-refractivity contribution in [3.8, 4) is 0 Å². The van der Waals surface area contributed by atoms with Gasteiger partial charge in [0.15, 0.2) is 0 Å². The predicted octanol–water partition coefficient (Wildman–Crippen LogP) is -0.150. The van der Waals surface area contributed by atoms with Crippen LogP contribution >= 0.6 is 0 Å². The highest BCUT2D eigenvalue weighted by Gasteiger charge is 1.54. The molecule has 0 bridgehead atoms. The second kappa shape index (κ2) is 2.78. The Morgan fingerprint density at radius 2 is 1.25 bits per heavy atom. The average molecular weight is 68.0 g/mol. The Labute approximate surface area is 21.6 Å². The number of halogens is 2. The first kappa shape index (κ1) is 3.78. The van der Waals surface area contributed by atoms with Crippen molar-refractivity contribution in [1.82, 2.24) is 11.3 Å². The van der Waals surface area contributed by atoms with E-state index in [0.29, 0.717) is 11.3 Å². The molecule has 0 unspecified atom stereocenters. The Kier molecular flexibility index (Phi) is 2.63. The van der Waals surface area contributed by atoms with E-state index in [2.05, 4.69) is 0 Å². The van der Waals surface area contributed by atoms with Crippen LogP contribution in [-0.2, 0) is 0 Å². The quantitative estimate of drug-likeness (QED) is 0.330. The van der Waals surface area contributed by atoms with Gasteiger partial charge >= 0.3 is 0 Å². The molecule has 0 rings (SSSR count). The third-order valence-corrected chi connectivity index (χ3v) is 0.0357. The van der Waals surface area contributed by atoms with Gasteiger partial charge in [-0.1, -0.05) is 11.3 Å². The summed E-state index contributed by atoms with van der Waals surface area (Å²) in [4.78, 5) is 0. The maximum absolute atomic E-state index is 9.99. The highest BCUT2D eigenvalue weighted by Crippen LogP contribution is 1.36. The Hall–Kier alpha value is -0.220. The molecule has 2 nitrogen and oxygen atoms in total. The summed E-state index contributed by atoms with van der Waals surface area (Å²) >= 11 is 0. The van der Waals surface area contributed by atoms with E-state index in [1.807, 2.05) is 0 Å². The van der Waals surface area contributed by atoms with Crippen molar-refractivity contribution in [1.29, 1.82) is 0 Å². The van der Waals surface area contributed by atoms with Crippen molar-refractivity contribution in [2.45, 2.75) is 0 Å². The van der Waals surface area contributed by atoms with E-state index in [1.165, 1.54) is 0 Å². The van der Waals surface area contributed by atoms with Crippen molar-refractivity contribution in [2.75, 3.05) is 0 Å². The van der Waals surface area contributed by atoms with E-state index < -0.39 is 0 Å². The van der Waals surface area contributed by atoms with Gasteiger partial charge in [0.25, 0.3) is 0 Å². The molecule has 0 radical (unpaired) electrons. The monoisotopic (exact) mass is 68.0 g/mol. The number of rotatable bonds is 1. The third kappa shape index (κ3) is 1.78. The maximum Gasteiger partial charge on any atom is -0.0649 e. The van der Waals surface area contributed by atoms with Gasteiger partial charge in [0.05, 0.1) is 0 Å². The van der Waals surface area contributed by atoms with Gasteiger partial charge in [0.2, 0.25) is 0 Å². The van der Waals surface area contributed by atoms with E-state index in [4.69, 9.17) is 0 Å². The second-order valence-electron chi connectivity index (χ2n) is 0.189. The maximum atomic E-state index is 9.99. The van der Waals surface area contributed by atoms with Gasteiger partial charge in [-0.25, -0.2) is 0 Å². The molecule has 2 N–H and O–H groups in total. The molecular weight excluding hydrogens is 66.0 g/mol. The van der Waals surface area contributed by atoms with Crippen molar-refractivity contribution in [3.05, 3.63) is 0 Å². The van der Waals surface area contributed by atoms with Crippen LogP contribution in [0.5, 0.6) is 0 Å². The van der Waals surface area contributed by atoms with Gasteiger partial charge in [-0.15, -0.1) is 8.96 Å². The second-order valence-corrected chi connectivity index (χ2v) is 0.189. The summed E-state index contributed by atoms with van der Waals surface area (Å²) < 4.78 is 20.0. The van der Waals surface area contributed by atoms with Gasteiger partial charge in [0, 0.05) is 0 Å². The van der Waals surface area contributed by atoms with Crippen molar-refractivity contribution in [3.63, 3.8) is 0 Å². The van der Waals surface area contributed by atoms with Crippen LogP contribution in [0.2, 0.25) is 0 Å². The van der Waals surface area contributed by atoms with Crippen LogP contribution in [-0.4, -0.2) is 0 Å². The molecule has 0 aromatic heterocycles. The smallest absolute Gasteiger partial charge is 0.0649 e. The number of nitrogens with one attached hydrogen (secondary N) is 2. The zero-order valence-corrected chi connectivity index (χ0v) is 1.76. The topological polar surface area (TPSA) is 24.1 Å². The molecule has 0 aliphatic carbocycles. The van der Waals surface area contributed by atoms with E-state index in [9.17, 15) is 8.96 Å². The first-order valence-electron chi connectivity index (χ1n) is 0.628. The van der Waals surface area contributed by atoms with Gasteiger partial charge in [0.1, 0.15) is 0 Å². The molecule has 0 heterocycles. The lowest BCUT2D eigenvalue weighted by molar-refractivity contribution is 0.140. The van der Waals surface area contributed by atoms with Gasteiger partial charge in [-0.05, 0) is 0 Å². The number of hydrogen-bond acceptors (Lipinski definition) is 2. The van der Waals surface area contributed by atoms with Crippen LogP contribution in [0.25, 0.3) is 0 Å². The van der Waals surface area contributed by atoms with Crippen molar-refractivity contribution in [2.24, 2.45) is 0 Å². The van der Waals surface area contributed by atoms with Gasteiger partial charge in [-0.3, -0.25) is 0 Å². The summed E-state index contributed by atoms with van der Waals surface area (Å²) in [6, 6.07) is 0. The summed E-state index contributed by atoms with van der Waals surface area (Å²) in [6.07, 6.45) is 0. The standard InChI is InChI=1S/F2H2N2/c1-3-4-2/h3-4H. The Morgan fingerprint density at radius 1 is 1.00 bits per heavy atom. The van der Waals surface area contributed by atoms with Crippen LogP contribution in [0, 0.1) is 0 Å². The van der Waals surface area contributed by atoms with E-state index in [-0.39, 0.29) is 0 Å². The molecule has 26 valence electrons. The Morgan fingerprint density at radius 3 is 1.25 bits per heavy atom. The number of hydrazine groups is 1. The van der Waals surface area contributed by atoms with Crippen LogP contribution < -0.4 is 11.3 Å². The molecule has 0 amide bonds. The largest absolute Gasteiger partial charge is 0.119 e. The fraction of sp³-hybridized carbons (Fsp3) is 0. The highest BCUT2D eigenvalue weighted by atomic mass is 19.2. The first-order valence-corrected chi connectivity index (χ1v) is 0.628. The van der Waals surface area contributed by atoms with Gasteiger partial charge in [-0.2, -0.15) is 0 Å². The SMILES string of the molecule is FNNF. The normalized spacial score (nSPS) is 7.50. The highest BCUT2D eigenvalue weighted by molar-refractivity contribution is 3.58. The molecule has 0 aliphatic rings. The number of hydrogen-bond donors (Lipinski definition) is 2. The molecule has 0 spiro atoms. The third-order valence-electron chi connectivity index (χ3n) is 0.0357. The zero-order valence-electron chi connectivity index (χ0n) is 1.76. The molecule has 0 atom stereocenters. The lowest BCUT2D eigenvalue weighted by Crippen LogP contribution is -2.10. The molecule has 0 aliphatic heterocycles. The zero-order chi connectivity index (χ0) is 3.41. The summed E-state index contributed by atoms with van der Waals surface area (Å²) in [5, 5.41) is 0. The molecule has 0 saturated heterocycles. The molecular formula is H2F2N2. The Bertz CT molecular complexity index is 6.00. The minimum Gasteiger partial charge on any atom is -0.119 e. The summed E-state index contributed by atoms with van der Waals surface area (Å²) in [7, 11) is 0. The fourth-order valence-corrected chi connectivity index (χ4v) is 0. The summed E-state index contributed by atoms with van der Waals surface area (Å²) in [5.74, 6) is 0. The van der Waals surface area contributed by atoms with E-state index in [0.717, 1.165) is 0 Å². The lowest BCUT2D eigenvalue weighted by atomic mass is 12.8. The summed E-state index contributed by atoms with van der Waals surface area (Å²) in [6.45, 7) is 0. The van der Waals surface area contributed by atoms with E-state index in [1.54, 1.807) is 0 Å². The van der Waals surface area contributed by atoms with Crippen molar-refractivity contribution < 1.29 is 8.96 Å². The fourth-order valence-electron chi connectivity index (χ4n) is 0. The predicted molar refractivity (Wildman–Crippen MR) is 8.49 cm³/mol. The van der Waals surface area contributed by atoms with Crippen LogP contribution in [0.4, 0.5) is 8.96 Å². The first-order chi connectivity index (χ1) is 1.91. The lowest BCUT2D eigenvalue weighted by Gasteiger charge is -1.70. The minimum absolute atomic E-state index is 0.514.